The highest BCUT2D eigenvalue weighted by Gasteiger charge is 2.45. The molecule has 0 radical (unpaired) electrons. The molecule has 1 saturated heterocycles. The van der Waals surface area contributed by atoms with Gasteiger partial charge in [-0.15, -0.1) is 12.4 Å². The number of ether oxygens (including phenoxy) is 1. The average molecular weight is 790 g/mol. The Morgan fingerprint density at radius 1 is 0.940 bits per heavy atom. The number of aliphatic imine (C=N–C) groups is 1. The summed E-state index contributed by atoms with van der Waals surface area (Å²) in [5, 5.41) is 0.0877. The fourth-order valence-corrected chi connectivity index (χ4v) is 7.88. The highest BCUT2D eigenvalue weighted by molar-refractivity contribution is 7.92. The molecule has 1 fully saturated rings. The zero-order valence-electron chi connectivity index (χ0n) is 28.1. The lowest BCUT2D eigenvalue weighted by atomic mass is 9.93. The molecule has 0 N–H and O–H groups in total. The fraction of sp³-hybridized carbons (Fsp3) is 0.412. The van der Waals surface area contributed by atoms with Gasteiger partial charge in [-0.05, 0) is 62.2 Å². The van der Waals surface area contributed by atoms with Crippen molar-refractivity contribution in [3.05, 3.63) is 93.2 Å². The molecule has 50 heavy (non-hydrogen) atoms. The highest BCUT2D eigenvalue weighted by atomic mass is 35.5. The number of piperazine rings is 1. The van der Waals surface area contributed by atoms with Crippen molar-refractivity contribution in [2.75, 3.05) is 51.3 Å². The zero-order valence-corrected chi connectivity index (χ0v) is 32.0. The number of hydrogen-bond donors (Lipinski definition) is 0. The summed E-state index contributed by atoms with van der Waals surface area (Å²) in [5.74, 6) is -0.798. The van der Waals surface area contributed by atoms with Crippen LogP contribution in [0.4, 0.5) is 9.18 Å². The number of urea groups is 1. The monoisotopic (exact) mass is 788 g/mol. The third kappa shape index (κ3) is 8.74. The minimum absolute atomic E-state index is 0. The van der Waals surface area contributed by atoms with Crippen LogP contribution in [0, 0.1) is 5.82 Å². The molecular weight excluding hydrogens is 750 g/mol. The smallest absolute Gasteiger partial charge is 0.326 e. The summed E-state index contributed by atoms with van der Waals surface area (Å²) in [5.41, 5.74) is 1.59. The van der Waals surface area contributed by atoms with Crippen molar-refractivity contribution in [3.8, 4) is 5.75 Å². The van der Waals surface area contributed by atoms with Gasteiger partial charge in [-0.2, -0.15) is 0 Å². The quantitative estimate of drug-likeness (QED) is 0.232. The van der Waals surface area contributed by atoms with Gasteiger partial charge in [0.05, 0.1) is 29.2 Å². The van der Waals surface area contributed by atoms with Gasteiger partial charge in [0, 0.05) is 55.1 Å². The van der Waals surface area contributed by atoms with Gasteiger partial charge in [0.1, 0.15) is 38.2 Å². The molecule has 2 heterocycles. The van der Waals surface area contributed by atoms with Crippen molar-refractivity contribution in [2.45, 2.75) is 43.0 Å². The third-order valence-corrected chi connectivity index (χ3v) is 12.2. The van der Waals surface area contributed by atoms with Crippen molar-refractivity contribution in [1.29, 1.82) is 0 Å². The minimum Gasteiger partial charge on any atom is -0.493 e. The first-order chi connectivity index (χ1) is 23.1. The molecular formula is C34H40Cl3FN4O6S2. The number of benzene rings is 3. The first-order valence-electron chi connectivity index (χ1n) is 15.9. The van der Waals surface area contributed by atoms with Crippen LogP contribution in [-0.2, 0) is 19.7 Å². The van der Waals surface area contributed by atoms with E-state index in [9.17, 15) is 21.6 Å². The second-order valence-electron chi connectivity index (χ2n) is 12.4. The molecule has 0 spiro atoms. The van der Waals surface area contributed by atoms with Crippen molar-refractivity contribution in [2.24, 2.45) is 4.99 Å². The predicted octanol–water partition coefficient (Wildman–Crippen LogP) is 6.46. The second kappa shape index (κ2) is 16.2. The van der Waals surface area contributed by atoms with E-state index < -0.39 is 53.8 Å². The van der Waals surface area contributed by atoms with E-state index in [1.807, 2.05) is 17.0 Å². The van der Waals surface area contributed by atoms with E-state index in [0.29, 0.717) is 48.3 Å². The SMILES string of the molecule is CCOc1cc(F)c(S(=O)(=O)C(C)C)cc1C1=NC(c2ccc(Cl)cc2)C(c2ccc(Cl)cc2)N1C(=O)N1CCN(CCS(C)(=O)=O)CC1.Cl. The summed E-state index contributed by atoms with van der Waals surface area (Å²) in [6.45, 7) is 6.66. The Hall–Kier alpha value is -2.94. The van der Waals surface area contributed by atoms with E-state index in [0.717, 1.165) is 11.6 Å². The summed E-state index contributed by atoms with van der Waals surface area (Å²) in [4.78, 5) is 24.5. The van der Waals surface area contributed by atoms with Crippen LogP contribution in [-0.4, -0.2) is 100.0 Å². The molecule has 0 bridgehead atoms. The molecule has 10 nitrogen and oxygen atoms in total. The molecule has 2 aliphatic heterocycles. The van der Waals surface area contributed by atoms with E-state index in [-0.39, 0.29) is 41.9 Å². The maximum atomic E-state index is 15.5. The molecule has 0 aromatic heterocycles. The summed E-state index contributed by atoms with van der Waals surface area (Å²) in [7, 11) is -7.25. The summed E-state index contributed by atoms with van der Waals surface area (Å²) < 4.78 is 71.6. The number of sulfone groups is 2. The summed E-state index contributed by atoms with van der Waals surface area (Å²) in [6, 6.07) is 14.5. The van der Waals surface area contributed by atoms with Crippen LogP contribution in [0.5, 0.6) is 5.75 Å². The van der Waals surface area contributed by atoms with Crippen LogP contribution < -0.4 is 4.74 Å². The van der Waals surface area contributed by atoms with Gasteiger partial charge >= 0.3 is 6.03 Å². The number of carbonyl (C=O) groups excluding carboxylic acids is 1. The van der Waals surface area contributed by atoms with Gasteiger partial charge in [0.25, 0.3) is 0 Å². The molecule has 2 aliphatic rings. The molecule has 3 aromatic rings. The molecule has 16 heteroatoms. The topological polar surface area (TPSA) is 117 Å². The van der Waals surface area contributed by atoms with Crippen LogP contribution in [0.1, 0.15) is 49.5 Å². The summed E-state index contributed by atoms with van der Waals surface area (Å²) >= 11 is 12.5. The molecule has 2 unspecified atom stereocenters. The van der Waals surface area contributed by atoms with Gasteiger partial charge < -0.3 is 9.64 Å². The molecule has 2 atom stereocenters. The Labute approximate surface area is 309 Å². The Morgan fingerprint density at radius 3 is 2.02 bits per heavy atom. The number of halogens is 4. The molecule has 0 saturated carbocycles. The lowest BCUT2D eigenvalue weighted by Gasteiger charge is -2.39. The maximum Gasteiger partial charge on any atom is 0.326 e. The standard InChI is InChI=1S/C34H39Cl2FN4O6S2.ClH/c1-5-47-29-21-28(37)30(49(45,46)22(2)3)20-27(29)33-38-31(23-6-10-25(35)11-7-23)32(24-8-12-26(36)13-9-24)41(33)34(42)40-16-14-39(15-17-40)18-19-48(4,43)44;/h6-13,20-22,31-32H,5,14-19H2,1-4H3;1H. The Morgan fingerprint density at radius 2 is 1.50 bits per heavy atom. The molecule has 272 valence electrons. The normalized spacial score (nSPS) is 18.6. The highest BCUT2D eigenvalue weighted by Crippen LogP contribution is 2.46. The molecule has 5 rings (SSSR count). The molecule has 0 aliphatic carbocycles. The third-order valence-electron chi connectivity index (χ3n) is 8.62. The van der Waals surface area contributed by atoms with Crippen molar-refractivity contribution < 1.29 is 30.8 Å². The van der Waals surface area contributed by atoms with Gasteiger partial charge in [-0.25, -0.2) is 26.0 Å². The van der Waals surface area contributed by atoms with E-state index in [4.69, 9.17) is 32.9 Å². The van der Waals surface area contributed by atoms with E-state index >= 15 is 4.39 Å². The fourth-order valence-electron chi connectivity index (χ4n) is 5.92. The number of hydrogen-bond acceptors (Lipinski definition) is 8. The van der Waals surface area contributed by atoms with Crippen molar-refractivity contribution in [1.82, 2.24) is 14.7 Å². The largest absolute Gasteiger partial charge is 0.493 e. The van der Waals surface area contributed by atoms with Crippen LogP contribution in [0.15, 0.2) is 70.6 Å². The van der Waals surface area contributed by atoms with Gasteiger partial charge in [0.2, 0.25) is 0 Å². The second-order valence-corrected chi connectivity index (χ2v) is 18.0. The zero-order chi connectivity index (χ0) is 35.7. The first kappa shape index (κ1) is 39.8. The number of carbonyl (C=O) groups is 1. The number of rotatable bonds is 10. The van der Waals surface area contributed by atoms with E-state index in [2.05, 4.69) is 0 Å². The lowest BCUT2D eigenvalue weighted by molar-refractivity contribution is 0.122. The van der Waals surface area contributed by atoms with Crippen LogP contribution >= 0.6 is 35.6 Å². The first-order valence-corrected chi connectivity index (χ1v) is 20.2. The van der Waals surface area contributed by atoms with Gasteiger partial charge in [0.15, 0.2) is 9.84 Å². The molecule has 3 aromatic carbocycles. The number of nitrogens with zero attached hydrogens (tertiary/aromatic N) is 4. The van der Waals surface area contributed by atoms with E-state index in [1.165, 1.54) is 31.1 Å². The van der Waals surface area contributed by atoms with E-state index in [1.54, 1.807) is 48.2 Å². The lowest BCUT2D eigenvalue weighted by Crippen LogP contribution is -2.54. The Balaban J connectivity index is 0.00000562. The summed E-state index contributed by atoms with van der Waals surface area (Å²) in [6.07, 6.45) is 1.19. The Kier molecular flexibility index (Phi) is 12.9. The van der Waals surface area contributed by atoms with Crippen molar-refractivity contribution >= 4 is 67.2 Å². The average Bonchev–Trinajstić information content (AvgIpc) is 3.44. The predicted molar refractivity (Wildman–Crippen MR) is 197 cm³/mol. The van der Waals surface area contributed by atoms with Crippen molar-refractivity contribution in [3.63, 3.8) is 0 Å². The maximum absolute atomic E-state index is 15.5. The Bertz CT molecular complexity index is 1940. The van der Waals surface area contributed by atoms with Crippen LogP contribution in [0.2, 0.25) is 10.0 Å². The van der Waals surface area contributed by atoms with Gasteiger partial charge in [-0.3, -0.25) is 14.8 Å². The van der Waals surface area contributed by atoms with Gasteiger partial charge in [-0.1, -0.05) is 47.5 Å². The van der Waals surface area contributed by atoms with Crippen LogP contribution in [0.25, 0.3) is 0 Å². The minimum atomic E-state index is -4.09. The molecule has 2 amide bonds. The van der Waals surface area contributed by atoms with Crippen LogP contribution in [0.3, 0.4) is 0 Å². The number of amides is 2. The number of amidine groups is 1.